The molecule has 0 saturated carbocycles. The van der Waals surface area contributed by atoms with Crippen molar-refractivity contribution in [2.75, 3.05) is 19.6 Å². The quantitative estimate of drug-likeness (QED) is 0.680. The number of nitrogens with zero attached hydrogens (tertiary/aromatic N) is 4. The van der Waals surface area contributed by atoms with Crippen LogP contribution in [-0.2, 0) is 11.3 Å². The Morgan fingerprint density at radius 2 is 2.04 bits per heavy atom. The van der Waals surface area contributed by atoms with E-state index in [4.69, 9.17) is 4.42 Å². The minimum atomic E-state index is -0.0978. The lowest BCUT2D eigenvalue weighted by Crippen LogP contribution is -2.39. The number of carbonyl (C=O) groups excluding carboxylic acids is 1. The summed E-state index contributed by atoms with van der Waals surface area (Å²) in [6, 6.07) is 11.4. The van der Waals surface area contributed by atoms with E-state index in [1.165, 1.54) is 0 Å². The summed E-state index contributed by atoms with van der Waals surface area (Å²) < 4.78 is 7.17. The molecule has 7 nitrogen and oxygen atoms in total. The Labute approximate surface area is 146 Å². The highest BCUT2D eigenvalue weighted by Gasteiger charge is 2.21. The van der Waals surface area contributed by atoms with E-state index in [-0.39, 0.29) is 18.5 Å². The number of likely N-dealkylation sites (N-methyl/N-ethyl adjacent to an activating group) is 1. The van der Waals surface area contributed by atoms with E-state index in [1.807, 2.05) is 36.4 Å². The minimum absolute atomic E-state index is 0.0152. The van der Waals surface area contributed by atoms with E-state index >= 15 is 0 Å². The molecule has 25 heavy (non-hydrogen) atoms. The Hall–Kier alpha value is -2.67. The molecule has 2 aromatic heterocycles. The lowest BCUT2D eigenvalue weighted by atomic mass is 10.2. The number of benzene rings is 1. The van der Waals surface area contributed by atoms with Crippen molar-refractivity contribution in [1.82, 2.24) is 25.2 Å². The fourth-order valence-corrected chi connectivity index (χ4v) is 2.99. The van der Waals surface area contributed by atoms with Crippen LogP contribution < -0.4 is 5.32 Å². The van der Waals surface area contributed by atoms with Gasteiger partial charge in [-0.3, -0.25) is 9.69 Å². The van der Waals surface area contributed by atoms with Crippen molar-refractivity contribution < 1.29 is 9.21 Å². The van der Waals surface area contributed by atoms with Crippen LogP contribution in [0.3, 0.4) is 0 Å². The number of furan rings is 1. The van der Waals surface area contributed by atoms with E-state index in [0.717, 1.165) is 29.9 Å². The number of hydrogen-bond donors (Lipinski definition) is 1. The lowest BCUT2D eigenvalue weighted by Gasteiger charge is -2.28. The van der Waals surface area contributed by atoms with Crippen LogP contribution in [0.5, 0.6) is 0 Å². The zero-order chi connectivity index (χ0) is 17.6. The molecule has 1 N–H and O–H groups in total. The molecule has 2 heterocycles. The van der Waals surface area contributed by atoms with Crippen molar-refractivity contribution >= 4 is 16.9 Å². The lowest BCUT2D eigenvalue weighted by molar-refractivity contribution is -0.122. The van der Waals surface area contributed by atoms with Crippen molar-refractivity contribution in [2.45, 2.75) is 26.4 Å². The molecule has 0 spiro atoms. The molecule has 0 bridgehead atoms. The molecule has 3 aromatic rings. The maximum absolute atomic E-state index is 12.4. The van der Waals surface area contributed by atoms with Gasteiger partial charge in [0.05, 0.1) is 17.8 Å². The molecular weight excluding hydrogens is 318 g/mol. The average Bonchev–Trinajstić information content (AvgIpc) is 3.29. The highest BCUT2D eigenvalue weighted by molar-refractivity contribution is 5.79. The topological polar surface area (TPSA) is 76.2 Å². The number of para-hydroxylation sites is 1. The molecule has 0 saturated heterocycles. The largest absolute Gasteiger partial charge is 0.468 e. The Balaban J connectivity index is 1.65. The van der Waals surface area contributed by atoms with Crippen molar-refractivity contribution in [3.05, 3.63) is 48.4 Å². The van der Waals surface area contributed by atoms with Gasteiger partial charge in [0.1, 0.15) is 17.8 Å². The summed E-state index contributed by atoms with van der Waals surface area (Å²) in [6.45, 7) is 6.59. The van der Waals surface area contributed by atoms with Gasteiger partial charge in [0.15, 0.2) is 0 Å². The van der Waals surface area contributed by atoms with Gasteiger partial charge in [0.25, 0.3) is 0 Å². The maximum atomic E-state index is 12.4. The zero-order valence-electron chi connectivity index (χ0n) is 14.6. The second-order valence-electron chi connectivity index (χ2n) is 5.79. The Morgan fingerprint density at radius 3 is 2.76 bits per heavy atom. The standard InChI is InChI=1S/C18H23N5O2/c1-3-22(4-2)16(17-10-7-11-25-17)12-19-18(24)13-23-15-9-6-5-8-14(15)20-21-23/h5-11,16H,3-4,12-13H2,1-2H3,(H,19,24)/t16-/m1/s1. The Bertz CT molecular complexity index is 808. The molecule has 0 aliphatic rings. The predicted molar refractivity (Wildman–Crippen MR) is 94.9 cm³/mol. The van der Waals surface area contributed by atoms with E-state index in [0.29, 0.717) is 6.54 Å². The molecular formula is C18H23N5O2. The third kappa shape index (κ3) is 3.88. The molecule has 0 unspecified atom stereocenters. The molecule has 3 rings (SSSR count). The summed E-state index contributed by atoms with van der Waals surface area (Å²) >= 11 is 0. The maximum Gasteiger partial charge on any atom is 0.241 e. The highest BCUT2D eigenvalue weighted by Crippen LogP contribution is 2.20. The molecule has 0 aliphatic carbocycles. The molecule has 1 aromatic carbocycles. The average molecular weight is 341 g/mol. The van der Waals surface area contributed by atoms with Gasteiger partial charge in [-0.2, -0.15) is 0 Å². The van der Waals surface area contributed by atoms with Crippen LogP contribution in [0.25, 0.3) is 11.0 Å². The van der Waals surface area contributed by atoms with Gasteiger partial charge < -0.3 is 9.73 Å². The molecule has 1 amide bonds. The fourth-order valence-electron chi connectivity index (χ4n) is 2.99. The molecule has 7 heteroatoms. The third-order valence-electron chi connectivity index (χ3n) is 4.33. The van der Waals surface area contributed by atoms with Gasteiger partial charge in [-0.1, -0.05) is 31.2 Å². The zero-order valence-corrected chi connectivity index (χ0v) is 14.6. The van der Waals surface area contributed by atoms with Gasteiger partial charge in [-0.25, -0.2) is 4.68 Å². The number of fused-ring (bicyclic) bond motifs is 1. The van der Waals surface area contributed by atoms with Crippen molar-refractivity contribution in [2.24, 2.45) is 0 Å². The van der Waals surface area contributed by atoms with Gasteiger partial charge in [0, 0.05) is 6.54 Å². The number of rotatable bonds is 8. The van der Waals surface area contributed by atoms with Crippen LogP contribution in [0, 0.1) is 0 Å². The van der Waals surface area contributed by atoms with Crippen molar-refractivity contribution in [3.63, 3.8) is 0 Å². The predicted octanol–water partition coefficient (Wildman–Crippen LogP) is 2.22. The normalized spacial score (nSPS) is 12.6. The van der Waals surface area contributed by atoms with Crippen LogP contribution in [0.15, 0.2) is 47.1 Å². The van der Waals surface area contributed by atoms with Gasteiger partial charge >= 0.3 is 0 Å². The fraction of sp³-hybridized carbons (Fsp3) is 0.389. The second-order valence-corrected chi connectivity index (χ2v) is 5.79. The number of aromatic nitrogens is 3. The molecule has 0 radical (unpaired) electrons. The summed E-state index contributed by atoms with van der Waals surface area (Å²) in [4.78, 5) is 14.6. The van der Waals surface area contributed by atoms with Crippen LogP contribution in [-0.4, -0.2) is 45.4 Å². The van der Waals surface area contributed by atoms with E-state index < -0.39 is 0 Å². The molecule has 0 aliphatic heterocycles. The van der Waals surface area contributed by atoms with Crippen molar-refractivity contribution in [3.8, 4) is 0 Å². The van der Waals surface area contributed by atoms with E-state index in [1.54, 1.807) is 10.9 Å². The monoisotopic (exact) mass is 341 g/mol. The molecule has 0 fully saturated rings. The first-order valence-electron chi connectivity index (χ1n) is 8.55. The first-order chi connectivity index (χ1) is 12.2. The first kappa shape index (κ1) is 17.2. The van der Waals surface area contributed by atoms with Gasteiger partial charge in [0.2, 0.25) is 5.91 Å². The second kappa shape index (κ2) is 7.94. The molecule has 132 valence electrons. The summed E-state index contributed by atoms with van der Waals surface area (Å²) in [7, 11) is 0. The minimum Gasteiger partial charge on any atom is -0.468 e. The third-order valence-corrected chi connectivity index (χ3v) is 4.33. The Kier molecular flexibility index (Phi) is 5.45. The van der Waals surface area contributed by atoms with Crippen LogP contribution in [0.2, 0.25) is 0 Å². The number of amides is 1. The number of hydrogen-bond acceptors (Lipinski definition) is 5. The smallest absolute Gasteiger partial charge is 0.241 e. The van der Waals surface area contributed by atoms with Gasteiger partial charge in [-0.15, -0.1) is 5.10 Å². The first-order valence-corrected chi connectivity index (χ1v) is 8.55. The van der Waals surface area contributed by atoms with Crippen LogP contribution >= 0.6 is 0 Å². The highest BCUT2D eigenvalue weighted by atomic mass is 16.3. The molecule has 1 atom stereocenters. The summed E-state index contributed by atoms with van der Waals surface area (Å²) in [6.07, 6.45) is 1.66. The van der Waals surface area contributed by atoms with Crippen LogP contribution in [0.1, 0.15) is 25.6 Å². The summed E-state index contributed by atoms with van der Waals surface area (Å²) in [5.41, 5.74) is 1.64. The summed E-state index contributed by atoms with van der Waals surface area (Å²) in [5, 5.41) is 11.1. The van der Waals surface area contributed by atoms with Crippen LogP contribution in [0.4, 0.5) is 0 Å². The van der Waals surface area contributed by atoms with Crippen molar-refractivity contribution in [1.29, 1.82) is 0 Å². The van der Waals surface area contributed by atoms with E-state index in [9.17, 15) is 4.79 Å². The Morgan fingerprint density at radius 1 is 1.24 bits per heavy atom. The van der Waals surface area contributed by atoms with E-state index in [2.05, 4.69) is 34.4 Å². The number of nitrogens with one attached hydrogen (secondary N) is 1. The van der Waals surface area contributed by atoms with Gasteiger partial charge in [-0.05, 0) is 37.4 Å². The summed E-state index contributed by atoms with van der Waals surface area (Å²) in [5.74, 6) is 0.759. The number of carbonyl (C=O) groups is 1. The SMILES string of the molecule is CCN(CC)[C@H](CNC(=O)Cn1nnc2ccccc21)c1ccco1.